The van der Waals surface area contributed by atoms with E-state index in [0.717, 1.165) is 11.1 Å². The van der Waals surface area contributed by atoms with Gasteiger partial charge in [-0.2, -0.15) is 0 Å². The maximum absolute atomic E-state index is 13.2. The lowest BCUT2D eigenvalue weighted by atomic mass is 9.81. The fourth-order valence-corrected chi connectivity index (χ4v) is 4.56. The molecule has 7 nitrogen and oxygen atoms in total. The smallest absolute Gasteiger partial charge is 0.345 e. The molecule has 0 saturated carbocycles. The van der Waals surface area contributed by atoms with Crippen LogP contribution in [-0.2, 0) is 23.6 Å². The molecule has 1 saturated heterocycles. The van der Waals surface area contributed by atoms with Gasteiger partial charge in [0, 0.05) is 6.54 Å². The number of ether oxygens (including phenoxy) is 1. The van der Waals surface area contributed by atoms with E-state index in [1.54, 1.807) is 12.1 Å². The van der Waals surface area contributed by atoms with Crippen molar-refractivity contribution in [2.45, 2.75) is 50.8 Å². The Bertz CT molecular complexity index is 1100. The summed E-state index contributed by atoms with van der Waals surface area (Å²) >= 11 is 0. The Balaban J connectivity index is 1.54. The van der Waals surface area contributed by atoms with E-state index in [1.807, 2.05) is 37.3 Å². The number of H-pyrrole nitrogens is 1. The zero-order valence-electron chi connectivity index (χ0n) is 18.6. The van der Waals surface area contributed by atoms with Crippen LogP contribution in [0.2, 0.25) is 0 Å². The van der Waals surface area contributed by atoms with Crippen molar-refractivity contribution < 1.29 is 13.5 Å². The van der Waals surface area contributed by atoms with Crippen molar-refractivity contribution in [3.05, 3.63) is 81.3 Å². The Hall–Kier alpha value is -3.04. The number of aromatic nitrogens is 3. The summed E-state index contributed by atoms with van der Waals surface area (Å²) in [5.74, 6) is 0.167. The van der Waals surface area contributed by atoms with Gasteiger partial charge in [0.05, 0.1) is 24.3 Å². The molecule has 1 aliphatic rings. The highest BCUT2D eigenvalue weighted by Gasteiger charge is 2.38. The molecule has 33 heavy (non-hydrogen) atoms. The monoisotopic (exact) mass is 457 g/mol. The van der Waals surface area contributed by atoms with Crippen LogP contribution in [0.15, 0.2) is 53.3 Å². The number of nitrogens with two attached hydrogens (primary N) is 1. The molecular weight excluding hydrogens is 428 g/mol. The maximum Gasteiger partial charge on any atom is 0.345 e. The largest absolute Gasteiger partial charge is 0.372 e. The lowest BCUT2D eigenvalue weighted by Crippen LogP contribution is -2.53. The van der Waals surface area contributed by atoms with Gasteiger partial charge in [-0.15, -0.1) is 5.10 Å². The number of piperidine rings is 1. The number of benzene rings is 2. The van der Waals surface area contributed by atoms with Crippen LogP contribution in [0.3, 0.4) is 0 Å². The molecule has 3 aromatic rings. The number of nitrogens with one attached hydrogen (secondary N) is 2. The van der Waals surface area contributed by atoms with E-state index < -0.39 is 18.9 Å². The molecule has 9 heteroatoms. The van der Waals surface area contributed by atoms with Gasteiger partial charge in [0.25, 0.3) is 0 Å². The van der Waals surface area contributed by atoms with Crippen LogP contribution in [-0.4, -0.2) is 27.9 Å². The van der Waals surface area contributed by atoms with E-state index in [-0.39, 0.29) is 23.8 Å². The second kappa shape index (κ2) is 9.84. The summed E-state index contributed by atoms with van der Waals surface area (Å²) < 4.78 is 34.2. The van der Waals surface area contributed by atoms with E-state index in [9.17, 15) is 13.6 Å². The van der Waals surface area contributed by atoms with Crippen LogP contribution >= 0.6 is 0 Å². The van der Waals surface area contributed by atoms with Crippen molar-refractivity contribution in [3.8, 4) is 0 Å². The molecule has 0 unspecified atom stereocenters. The second-order valence-corrected chi connectivity index (χ2v) is 8.58. The summed E-state index contributed by atoms with van der Waals surface area (Å²) in [5.41, 5.74) is 7.77. The third-order valence-corrected chi connectivity index (χ3v) is 6.44. The van der Waals surface area contributed by atoms with E-state index in [0.29, 0.717) is 37.1 Å². The van der Waals surface area contributed by atoms with Gasteiger partial charge in [0.2, 0.25) is 5.95 Å². The molecular formula is C24H29F2N5O2. The number of hydrogen-bond donors (Lipinski definition) is 3. The molecule has 0 radical (unpaired) electrons. The minimum Gasteiger partial charge on any atom is -0.372 e. The second-order valence-electron chi connectivity index (χ2n) is 8.58. The third kappa shape index (κ3) is 4.84. The fourth-order valence-electron chi connectivity index (χ4n) is 4.56. The van der Waals surface area contributed by atoms with Gasteiger partial charge in [-0.25, -0.2) is 18.7 Å². The quantitative estimate of drug-likeness (QED) is 0.479. The summed E-state index contributed by atoms with van der Waals surface area (Å²) in [6.45, 7) is 1.45. The highest BCUT2D eigenvalue weighted by molar-refractivity contribution is 5.31. The SMILES string of the molecule is C[C@@H](OC[C@@]1(c2ccccc2)CC[C@@H](n2c(N)n[nH]c2=O)CN1)c1cc(CF)cc(CF)c1. The van der Waals surface area contributed by atoms with Crippen LogP contribution < -0.4 is 16.7 Å². The van der Waals surface area contributed by atoms with E-state index in [1.165, 1.54) is 10.6 Å². The van der Waals surface area contributed by atoms with Gasteiger partial charge in [0.1, 0.15) is 13.3 Å². The Labute approximate surface area is 191 Å². The number of nitrogen functional groups attached to an aromatic ring is 1. The number of nitrogens with zero attached hydrogens (tertiary/aromatic N) is 2. The first-order valence-electron chi connectivity index (χ1n) is 11.0. The first-order chi connectivity index (χ1) is 16.0. The standard InChI is InChI=1S/C24H29F2N5O2/c1-16(19-10-17(12-25)9-18(11-19)13-26)33-15-24(20-5-3-2-4-6-20)8-7-21(14-28-24)31-22(27)29-30-23(31)32/h2-6,9-11,16,21,28H,7-8,12-15H2,1H3,(H2,27,29)(H,30,32)/t16-,21-,24-/m1/s1. The lowest BCUT2D eigenvalue weighted by Gasteiger charge is -2.42. The molecule has 1 fully saturated rings. The molecule has 3 atom stereocenters. The average Bonchev–Trinajstić information content (AvgIpc) is 3.20. The fraction of sp³-hybridized carbons (Fsp3) is 0.417. The van der Waals surface area contributed by atoms with Crippen molar-refractivity contribution in [1.82, 2.24) is 20.1 Å². The molecule has 0 bridgehead atoms. The molecule has 1 aliphatic heterocycles. The van der Waals surface area contributed by atoms with Gasteiger partial charge in [-0.3, -0.25) is 4.57 Å². The predicted octanol–water partition coefficient (Wildman–Crippen LogP) is 3.69. The van der Waals surface area contributed by atoms with Gasteiger partial charge < -0.3 is 15.8 Å². The molecule has 0 aliphatic carbocycles. The Morgan fingerprint density at radius 1 is 1.21 bits per heavy atom. The summed E-state index contributed by atoms with van der Waals surface area (Å²) in [6, 6.07) is 14.9. The Morgan fingerprint density at radius 2 is 1.91 bits per heavy atom. The molecule has 4 rings (SSSR count). The number of rotatable bonds is 8. The normalized spacial score (nSPS) is 21.7. The van der Waals surface area contributed by atoms with Crippen molar-refractivity contribution in [2.75, 3.05) is 18.9 Å². The van der Waals surface area contributed by atoms with Crippen molar-refractivity contribution >= 4 is 5.95 Å². The van der Waals surface area contributed by atoms with Crippen LogP contribution in [0.25, 0.3) is 0 Å². The molecule has 4 N–H and O–H groups in total. The Morgan fingerprint density at radius 3 is 2.45 bits per heavy atom. The molecule has 176 valence electrons. The van der Waals surface area contributed by atoms with E-state index >= 15 is 0 Å². The van der Waals surface area contributed by atoms with Gasteiger partial charge >= 0.3 is 5.69 Å². The lowest BCUT2D eigenvalue weighted by molar-refractivity contribution is 0.00130. The van der Waals surface area contributed by atoms with E-state index in [2.05, 4.69) is 15.5 Å². The van der Waals surface area contributed by atoms with Crippen LogP contribution in [0.1, 0.15) is 54.2 Å². The van der Waals surface area contributed by atoms with E-state index in [4.69, 9.17) is 10.5 Å². The summed E-state index contributed by atoms with van der Waals surface area (Å²) in [7, 11) is 0. The number of hydrogen-bond acceptors (Lipinski definition) is 5. The highest BCUT2D eigenvalue weighted by Crippen LogP contribution is 2.36. The van der Waals surface area contributed by atoms with Gasteiger partial charge in [-0.1, -0.05) is 48.5 Å². The number of aromatic amines is 1. The average molecular weight is 458 g/mol. The molecule has 0 amide bonds. The van der Waals surface area contributed by atoms with Gasteiger partial charge in [-0.05, 0) is 42.0 Å². The van der Waals surface area contributed by atoms with Crippen LogP contribution in [0.5, 0.6) is 0 Å². The summed E-state index contributed by atoms with van der Waals surface area (Å²) in [5, 5.41) is 9.79. The molecule has 1 aromatic heterocycles. The third-order valence-electron chi connectivity index (χ3n) is 6.44. The minimum absolute atomic E-state index is 0.126. The summed E-state index contributed by atoms with van der Waals surface area (Å²) in [4.78, 5) is 12.1. The molecule has 0 spiro atoms. The highest BCUT2D eigenvalue weighted by atomic mass is 19.1. The van der Waals surface area contributed by atoms with Crippen molar-refractivity contribution in [2.24, 2.45) is 0 Å². The zero-order chi connectivity index (χ0) is 23.4. The number of halogens is 2. The van der Waals surface area contributed by atoms with Crippen LogP contribution in [0.4, 0.5) is 14.7 Å². The topological polar surface area (TPSA) is 98.0 Å². The Kier molecular flexibility index (Phi) is 6.90. The summed E-state index contributed by atoms with van der Waals surface area (Å²) in [6.07, 6.45) is 1.05. The van der Waals surface area contributed by atoms with Gasteiger partial charge in [0.15, 0.2) is 0 Å². The van der Waals surface area contributed by atoms with Crippen molar-refractivity contribution in [3.63, 3.8) is 0 Å². The van der Waals surface area contributed by atoms with Crippen LogP contribution in [0, 0.1) is 0 Å². The maximum atomic E-state index is 13.2. The first-order valence-corrected chi connectivity index (χ1v) is 11.0. The number of anilines is 1. The number of alkyl halides is 2. The first kappa shape index (κ1) is 23.1. The van der Waals surface area contributed by atoms with Crippen molar-refractivity contribution in [1.29, 1.82) is 0 Å². The minimum atomic E-state index is -0.652. The molecule has 2 aromatic carbocycles. The predicted molar refractivity (Wildman–Crippen MR) is 122 cm³/mol. The molecule has 2 heterocycles. The zero-order valence-corrected chi connectivity index (χ0v) is 18.6.